The molecule has 0 unspecified atom stereocenters. The number of hydrogen-bond acceptors (Lipinski definition) is 5. The van der Waals surface area contributed by atoms with Gasteiger partial charge < -0.3 is 19.6 Å². The number of halogens is 1. The number of phenolic OH excluding ortho intramolecular Hbond substituents is 1. The number of benzene rings is 2. The Hall–Kier alpha value is -3.25. The number of amides is 1. The molecule has 0 aliphatic heterocycles. The van der Waals surface area contributed by atoms with Gasteiger partial charge in [0.15, 0.2) is 11.5 Å². The number of carbonyl (C=O) groups is 1. The Balaban J connectivity index is 2.42. The summed E-state index contributed by atoms with van der Waals surface area (Å²) >= 11 is 5.95. The Kier molecular flexibility index (Phi) is 4.69. The molecule has 0 fully saturated rings. The molecule has 0 spiro atoms. The maximum absolute atomic E-state index is 12.5. The monoisotopic (exact) mass is 371 g/mol. The zero-order valence-electron chi connectivity index (χ0n) is 13.7. The van der Waals surface area contributed by atoms with Gasteiger partial charge in [-0.1, -0.05) is 30.3 Å². The first kappa shape index (κ1) is 17.6. The summed E-state index contributed by atoms with van der Waals surface area (Å²) < 4.78 is 10.4. The third-order valence-corrected chi connectivity index (χ3v) is 4.03. The van der Waals surface area contributed by atoms with Gasteiger partial charge in [0.25, 0.3) is 0 Å². The zero-order valence-corrected chi connectivity index (χ0v) is 14.5. The van der Waals surface area contributed by atoms with Gasteiger partial charge in [-0.25, -0.2) is 4.79 Å². The molecule has 0 saturated heterocycles. The van der Waals surface area contributed by atoms with E-state index in [0.29, 0.717) is 21.5 Å². The van der Waals surface area contributed by atoms with Gasteiger partial charge in [-0.3, -0.25) is 4.79 Å². The van der Waals surface area contributed by atoms with E-state index in [2.05, 4.69) is 11.9 Å². The van der Waals surface area contributed by atoms with Crippen molar-refractivity contribution in [2.24, 2.45) is 0 Å². The van der Waals surface area contributed by atoms with Gasteiger partial charge >= 0.3 is 5.63 Å². The van der Waals surface area contributed by atoms with Crippen molar-refractivity contribution in [2.75, 3.05) is 12.4 Å². The van der Waals surface area contributed by atoms with Crippen LogP contribution in [0.1, 0.15) is 0 Å². The minimum atomic E-state index is -0.762. The van der Waals surface area contributed by atoms with Gasteiger partial charge in [0, 0.05) is 22.0 Å². The highest BCUT2D eigenvalue weighted by molar-refractivity contribution is 6.30. The molecule has 1 aromatic heterocycles. The largest absolute Gasteiger partial charge is 0.504 e. The quantitative estimate of drug-likeness (QED) is 0.535. The molecule has 0 atom stereocenters. The van der Waals surface area contributed by atoms with E-state index < -0.39 is 11.5 Å². The van der Waals surface area contributed by atoms with Gasteiger partial charge in [0.1, 0.15) is 11.3 Å². The van der Waals surface area contributed by atoms with E-state index in [0.717, 1.165) is 6.08 Å². The summed E-state index contributed by atoms with van der Waals surface area (Å²) in [7, 11) is 1.41. The molecular weight excluding hydrogens is 358 g/mol. The summed E-state index contributed by atoms with van der Waals surface area (Å²) in [5.41, 5.74) is 0.385. The summed E-state index contributed by atoms with van der Waals surface area (Å²) in [6, 6.07) is 9.55. The Bertz CT molecular complexity index is 1070. The molecule has 0 radical (unpaired) electrons. The summed E-state index contributed by atoms with van der Waals surface area (Å²) in [5, 5.41) is 13.4. The molecule has 3 rings (SSSR count). The fraction of sp³-hybridized carbons (Fsp3) is 0.0526. The molecule has 1 amide bonds. The van der Waals surface area contributed by atoms with Crippen LogP contribution in [0.5, 0.6) is 11.5 Å². The predicted octanol–water partition coefficient (Wildman–Crippen LogP) is 3.95. The van der Waals surface area contributed by atoms with Crippen LogP contribution in [0.2, 0.25) is 5.02 Å². The first-order valence-corrected chi connectivity index (χ1v) is 7.89. The molecule has 2 N–H and O–H groups in total. The number of anilines is 1. The number of methoxy groups -OCH3 is 1. The van der Waals surface area contributed by atoms with Crippen LogP contribution in [0.4, 0.5) is 5.69 Å². The van der Waals surface area contributed by atoms with Gasteiger partial charge in [-0.2, -0.15) is 0 Å². The van der Waals surface area contributed by atoms with Crippen molar-refractivity contribution in [1.82, 2.24) is 0 Å². The fourth-order valence-electron chi connectivity index (χ4n) is 2.58. The van der Waals surface area contributed by atoms with E-state index in [1.165, 1.54) is 19.2 Å². The van der Waals surface area contributed by atoms with E-state index in [-0.39, 0.29) is 22.8 Å². The molecule has 6 nitrogen and oxygen atoms in total. The number of nitrogens with one attached hydrogen (secondary N) is 1. The fourth-order valence-corrected chi connectivity index (χ4v) is 2.71. The second kappa shape index (κ2) is 6.93. The first-order valence-electron chi connectivity index (χ1n) is 7.51. The van der Waals surface area contributed by atoms with Crippen molar-refractivity contribution in [3.63, 3.8) is 0 Å². The molecule has 1 heterocycles. The maximum Gasteiger partial charge on any atom is 0.360 e. The number of rotatable bonds is 4. The Morgan fingerprint density at radius 3 is 2.62 bits per heavy atom. The van der Waals surface area contributed by atoms with E-state index in [1.54, 1.807) is 24.3 Å². The third-order valence-electron chi connectivity index (χ3n) is 3.77. The molecule has 132 valence electrons. The standard InChI is InChI=1S/C19H14ClNO5/c1-3-16(23)21-18-17(10-4-6-11(20)7-5-10)12-8-15(25-2)13(22)9-14(12)26-19(18)24/h3-9,22H,1H2,2H3,(H,21,23). The van der Waals surface area contributed by atoms with Gasteiger partial charge in [0.2, 0.25) is 5.91 Å². The normalized spacial score (nSPS) is 10.5. The first-order chi connectivity index (χ1) is 12.4. The smallest absolute Gasteiger partial charge is 0.360 e. The molecule has 0 saturated carbocycles. The van der Waals surface area contributed by atoms with Crippen LogP contribution in [0.15, 0.2) is 58.3 Å². The minimum Gasteiger partial charge on any atom is -0.504 e. The van der Waals surface area contributed by atoms with E-state index in [9.17, 15) is 14.7 Å². The number of carbonyl (C=O) groups excluding carboxylic acids is 1. The predicted molar refractivity (Wildman–Crippen MR) is 100.0 cm³/mol. The molecular formula is C19H14ClNO5. The lowest BCUT2D eigenvalue weighted by molar-refractivity contribution is -0.111. The van der Waals surface area contributed by atoms with Crippen molar-refractivity contribution in [3.8, 4) is 22.6 Å². The second-order valence-corrected chi connectivity index (χ2v) is 5.80. The Labute approximate surface area is 153 Å². The SMILES string of the molecule is C=CC(=O)Nc1c(-c2ccc(Cl)cc2)c2cc(OC)c(O)cc2oc1=O. The lowest BCUT2D eigenvalue weighted by Gasteiger charge is -2.13. The summed E-state index contributed by atoms with van der Waals surface area (Å²) in [5.74, 6) is -0.534. The van der Waals surface area contributed by atoms with Crippen LogP contribution in [-0.4, -0.2) is 18.1 Å². The van der Waals surface area contributed by atoms with Gasteiger partial charge in [0.05, 0.1) is 7.11 Å². The van der Waals surface area contributed by atoms with Crippen molar-refractivity contribution in [2.45, 2.75) is 0 Å². The highest BCUT2D eigenvalue weighted by atomic mass is 35.5. The lowest BCUT2D eigenvalue weighted by Crippen LogP contribution is -2.17. The van der Waals surface area contributed by atoms with Crippen molar-refractivity contribution in [3.05, 3.63) is 64.5 Å². The molecule has 2 aromatic carbocycles. The van der Waals surface area contributed by atoms with E-state index >= 15 is 0 Å². The topological polar surface area (TPSA) is 88.8 Å². The van der Waals surface area contributed by atoms with Gasteiger partial charge in [-0.15, -0.1) is 0 Å². The van der Waals surface area contributed by atoms with Crippen LogP contribution in [0.25, 0.3) is 22.1 Å². The molecule has 0 bridgehead atoms. The Morgan fingerprint density at radius 1 is 1.31 bits per heavy atom. The van der Waals surface area contributed by atoms with Crippen molar-refractivity contribution in [1.29, 1.82) is 0 Å². The summed E-state index contributed by atoms with van der Waals surface area (Å²) in [6.45, 7) is 3.39. The van der Waals surface area contributed by atoms with Crippen LogP contribution in [-0.2, 0) is 4.79 Å². The minimum absolute atomic E-state index is 0.0440. The number of hydrogen-bond donors (Lipinski definition) is 2. The second-order valence-electron chi connectivity index (χ2n) is 5.36. The summed E-state index contributed by atoms with van der Waals surface area (Å²) in [4.78, 5) is 24.2. The number of fused-ring (bicyclic) bond motifs is 1. The summed E-state index contributed by atoms with van der Waals surface area (Å²) in [6.07, 6.45) is 1.05. The molecule has 3 aromatic rings. The van der Waals surface area contributed by atoms with Gasteiger partial charge in [-0.05, 0) is 29.8 Å². The molecule has 7 heteroatoms. The third kappa shape index (κ3) is 3.14. The highest BCUT2D eigenvalue weighted by Gasteiger charge is 2.20. The van der Waals surface area contributed by atoms with Crippen molar-refractivity contribution < 1.29 is 19.1 Å². The molecule has 26 heavy (non-hydrogen) atoms. The molecule has 0 aliphatic rings. The number of phenols is 1. The Morgan fingerprint density at radius 2 is 2.00 bits per heavy atom. The lowest BCUT2D eigenvalue weighted by atomic mass is 9.99. The molecule has 0 aliphatic carbocycles. The van der Waals surface area contributed by atoms with Crippen LogP contribution in [0.3, 0.4) is 0 Å². The zero-order chi connectivity index (χ0) is 18.8. The van der Waals surface area contributed by atoms with E-state index in [4.69, 9.17) is 20.8 Å². The number of aromatic hydroxyl groups is 1. The van der Waals surface area contributed by atoms with Crippen molar-refractivity contribution >= 4 is 34.2 Å². The average molecular weight is 372 g/mol. The van der Waals surface area contributed by atoms with Crippen LogP contribution >= 0.6 is 11.6 Å². The van der Waals surface area contributed by atoms with Crippen LogP contribution in [0, 0.1) is 0 Å². The van der Waals surface area contributed by atoms with E-state index in [1.807, 2.05) is 0 Å². The number of ether oxygens (including phenoxy) is 1. The van der Waals surface area contributed by atoms with Crippen LogP contribution < -0.4 is 15.7 Å². The highest BCUT2D eigenvalue weighted by Crippen LogP contribution is 2.39. The maximum atomic E-state index is 12.5. The average Bonchev–Trinajstić information content (AvgIpc) is 2.63.